The van der Waals surface area contributed by atoms with E-state index in [-0.39, 0.29) is 34.5 Å². The molecule has 120 valence electrons. The molecule has 0 aromatic heterocycles. The van der Waals surface area contributed by atoms with Gasteiger partial charge < -0.3 is 0 Å². The van der Waals surface area contributed by atoms with Gasteiger partial charge in [0.05, 0.1) is 34.7 Å². The molecule has 3 nitrogen and oxygen atoms in total. The van der Waals surface area contributed by atoms with Crippen molar-refractivity contribution in [3.05, 3.63) is 0 Å². The Morgan fingerprint density at radius 1 is 0.905 bits per heavy atom. The van der Waals surface area contributed by atoms with Gasteiger partial charge in [0.25, 0.3) is 0 Å². The molecule has 4 atom stereocenters. The minimum absolute atomic E-state index is 0.0521. The molecule has 0 aromatic rings. The van der Waals surface area contributed by atoms with Crippen LogP contribution in [0.1, 0.15) is 60.8 Å². The van der Waals surface area contributed by atoms with Crippen molar-refractivity contribution in [1.29, 1.82) is 0 Å². The third-order valence-electron chi connectivity index (χ3n) is 4.71. The summed E-state index contributed by atoms with van der Waals surface area (Å²) in [6.45, 7) is 13.3. The molecule has 2 aliphatic rings. The number of fused-ring (bicyclic) bond motifs is 1. The van der Waals surface area contributed by atoms with Crippen molar-refractivity contribution in [2.45, 2.75) is 60.8 Å². The molecule has 1 saturated heterocycles. The van der Waals surface area contributed by atoms with Crippen molar-refractivity contribution in [3.8, 4) is 0 Å². The third-order valence-corrected chi connectivity index (χ3v) is 5.67. The molecule has 1 heterocycles. The monoisotopic (exact) mass is 405 g/mol. The number of hydrogen-bond acceptors (Lipinski definition) is 2. The van der Waals surface area contributed by atoms with Gasteiger partial charge in [-0.05, 0) is 41.9 Å². The lowest BCUT2D eigenvalue weighted by Gasteiger charge is -2.27. The molecule has 1 saturated carbocycles. The van der Waals surface area contributed by atoms with Crippen LogP contribution in [0.2, 0.25) is 0 Å². The molecule has 0 radical (unpaired) electrons. The number of imide groups is 1. The summed E-state index contributed by atoms with van der Waals surface area (Å²) in [5.74, 6) is 0.687. The summed E-state index contributed by atoms with van der Waals surface area (Å²) in [4.78, 5) is 25.0. The number of rotatable bonds is 2. The van der Waals surface area contributed by atoms with Crippen molar-refractivity contribution in [2.24, 2.45) is 34.5 Å². The Kier molecular flexibility index (Phi) is 4.51. The topological polar surface area (TPSA) is 37.4 Å². The smallest absolute Gasteiger partial charge is 0.242 e. The van der Waals surface area contributed by atoms with Gasteiger partial charge in [-0.1, -0.05) is 41.5 Å². The van der Waals surface area contributed by atoms with Gasteiger partial charge in [0.2, 0.25) is 11.8 Å². The summed E-state index contributed by atoms with van der Waals surface area (Å²) in [6, 6.07) is 0. The lowest BCUT2D eigenvalue weighted by molar-refractivity contribution is -0.133. The van der Waals surface area contributed by atoms with Crippen molar-refractivity contribution < 1.29 is 9.59 Å². The van der Waals surface area contributed by atoms with Crippen molar-refractivity contribution in [2.75, 3.05) is 0 Å². The summed E-state index contributed by atoms with van der Waals surface area (Å²) in [5, 5.41) is 0. The van der Waals surface area contributed by atoms with Crippen molar-refractivity contribution in [3.63, 3.8) is 0 Å². The van der Waals surface area contributed by atoms with Crippen LogP contribution in [0.3, 0.4) is 0 Å². The summed E-state index contributed by atoms with van der Waals surface area (Å²) in [5.41, 5.74) is 0.404. The molecule has 2 amide bonds. The number of carbonyl (C=O) groups excluding carboxylic acids is 2. The molecule has 0 aromatic carbocycles. The predicted octanol–water partition coefficient (Wildman–Crippen LogP) is 4.45. The van der Waals surface area contributed by atoms with E-state index in [1.165, 1.54) is 3.11 Å². The van der Waals surface area contributed by atoms with E-state index in [1.807, 2.05) is 22.9 Å². The molecular weight excluding hydrogens is 377 g/mol. The highest BCUT2D eigenvalue weighted by molar-refractivity contribution is 14.1. The second-order valence-electron chi connectivity index (χ2n) is 9.29. The van der Waals surface area contributed by atoms with Crippen LogP contribution in [0, 0.1) is 34.5 Å². The van der Waals surface area contributed by atoms with Gasteiger partial charge in [-0.3, -0.25) is 9.59 Å². The quantitative estimate of drug-likeness (QED) is 0.387. The first-order valence-electron chi connectivity index (χ1n) is 7.94. The molecule has 2 rings (SSSR count). The van der Waals surface area contributed by atoms with Gasteiger partial charge >= 0.3 is 0 Å². The van der Waals surface area contributed by atoms with E-state index in [4.69, 9.17) is 0 Å². The van der Waals surface area contributed by atoms with E-state index in [0.717, 1.165) is 19.3 Å². The largest absolute Gasteiger partial charge is 0.273 e. The van der Waals surface area contributed by atoms with Crippen LogP contribution in [0.5, 0.6) is 0 Å². The first-order valence-corrected chi connectivity index (χ1v) is 8.91. The fraction of sp³-hybridized carbons (Fsp3) is 0.882. The molecule has 1 aliphatic heterocycles. The van der Waals surface area contributed by atoms with Crippen LogP contribution in [0.15, 0.2) is 0 Å². The summed E-state index contributed by atoms with van der Waals surface area (Å²) in [6.07, 6.45) is 3.09. The highest BCUT2D eigenvalue weighted by Gasteiger charge is 2.58. The molecule has 4 unspecified atom stereocenters. The van der Waals surface area contributed by atoms with E-state index in [1.54, 1.807) is 0 Å². The van der Waals surface area contributed by atoms with Gasteiger partial charge in [-0.15, -0.1) is 0 Å². The predicted molar refractivity (Wildman–Crippen MR) is 92.6 cm³/mol. The van der Waals surface area contributed by atoms with Crippen LogP contribution in [0.4, 0.5) is 0 Å². The zero-order valence-corrected chi connectivity index (χ0v) is 16.2. The summed E-state index contributed by atoms with van der Waals surface area (Å²) in [7, 11) is 0. The normalized spacial score (nSPS) is 33.8. The Morgan fingerprint density at radius 2 is 1.24 bits per heavy atom. The van der Waals surface area contributed by atoms with Crippen LogP contribution >= 0.6 is 22.9 Å². The van der Waals surface area contributed by atoms with E-state index in [9.17, 15) is 9.59 Å². The first-order chi connectivity index (χ1) is 9.41. The Balaban J connectivity index is 2.27. The Labute approximate surface area is 142 Å². The van der Waals surface area contributed by atoms with E-state index in [0.29, 0.717) is 11.8 Å². The second-order valence-corrected chi connectivity index (χ2v) is 10.3. The fourth-order valence-electron chi connectivity index (χ4n) is 4.34. The molecule has 0 spiro atoms. The Hall–Kier alpha value is -0.130. The van der Waals surface area contributed by atoms with Crippen LogP contribution in [-0.2, 0) is 9.59 Å². The van der Waals surface area contributed by atoms with Gasteiger partial charge in [-0.25, -0.2) is 3.11 Å². The lowest BCUT2D eigenvalue weighted by atomic mass is 9.78. The van der Waals surface area contributed by atoms with Crippen LogP contribution in [0.25, 0.3) is 0 Å². The van der Waals surface area contributed by atoms with Gasteiger partial charge in [0.15, 0.2) is 0 Å². The zero-order valence-electron chi connectivity index (χ0n) is 14.1. The van der Waals surface area contributed by atoms with E-state index < -0.39 is 0 Å². The average molecular weight is 405 g/mol. The maximum absolute atomic E-state index is 12.5. The lowest BCUT2D eigenvalue weighted by Crippen LogP contribution is -2.26. The first kappa shape index (κ1) is 17.2. The minimum atomic E-state index is -0.0685. The van der Waals surface area contributed by atoms with Gasteiger partial charge in [0.1, 0.15) is 0 Å². The highest BCUT2D eigenvalue weighted by Crippen LogP contribution is 2.54. The molecular formula is C17H28INO2. The van der Waals surface area contributed by atoms with Crippen LogP contribution in [-0.4, -0.2) is 14.9 Å². The SMILES string of the molecule is CC(C)(C)CC1CC(CC(C)(C)C)C2C(=O)N(I)C(=O)C12. The van der Waals surface area contributed by atoms with Gasteiger partial charge in [-0.2, -0.15) is 0 Å². The van der Waals surface area contributed by atoms with E-state index >= 15 is 0 Å². The molecule has 21 heavy (non-hydrogen) atoms. The Morgan fingerprint density at radius 3 is 1.52 bits per heavy atom. The maximum Gasteiger partial charge on any atom is 0.242 e. The summed E-state index contributed by atoms with van der Waals surface area (Å²) >= 11 is 1.90. The molecule has 2 fully saturated rings. The summed E-state index contributed by atoms with van der Waals surface area (Å²) < 4.78 is 1.36. The van der Waals surface area contributed by atoms with E-state index in [2.05, 4.69) is 41.5 Å². The molecule has 0 bridgehead atoms. The number of amides is 2. The molecule has 0 N–H and O–H groups in total. The number of hydrogen-bond donors (Lipinski definition) is 0. The average Bonchev–Trinajstić information content (AvgIpc) is 2.69. The third kappa shape index (κ3) is 3.62. The number of halogens is 1. The van der Waals surface area contributed by atoms with Crippen molar-refractivity contribution >= 4 is 34.7 Å². The number of nitrogens with zero attached hydrogens (tertiary/aromatic N) is 1. The number of carbonyl (C=O) groups is 2. The Bertz CT molecular complexity index is 407. The van der Waals surface area contributed by atoms with Gasteiger partial charge in [0, 0.05) is 0 Å². The highest BCUT2D eigenvalue weighted by atomic mass is 127. The zero-order chi connectivity index (χ0) is 16.2. The minimum Gasteiger partial charge on any atom is -0.273 e. The standard InChI is InChI=1S/C17H28INO2/c1-16(2,3)8-10-7-11(9-17(4,5)6)13-12(10)14(20)19(18)15(13)21/h10-13H,7-9H2,1-6H3. The molecule has 4 heteroatoms. The second kappa shape index (κ2) is 5.50. The molecule has 1 aliphatic carbocycles. The fourth-order valence-corrected chi connectivity index (χ4v) is 4.99. The maximum atomic E-state index is 12.5. The van der Waals surface area contributed by atoms with Crippen molar-refractivity contribution in [1.82, 2.24) is 3.11 Å². The van der Waals surface area contributed by atoms with Crippen LogP contribution < -0.4 is 0 Å².